The van der Waals surface area contributed by atoms with E-state index in [9.17, 15) is 9.59 Å². The fourth-order valence-corrected chi connectivity index (χ4v) is 3.32. The minimum absolute atomic E-state index is 0.0157. The van der Waals surface area contributed by atoms with Crippen LogP contribution in [0.25, 0.3) is 0 Å². The van der Waals surface area contributed by atoms with Gasteiger partial charge in [0.25, 0.3) is 5.91 Å². The Balaban J connectivity index is 1.80. The molecule has 6 heteroatoms. The molecule has 2 aromatic rings. The van der Waals surface area contributed by atoms with Gasteiger partial charge in [-0.15, -0.1) is 0 Å². The van der Waals surface area contributed by atoms with Crippen LogP contribution in [-0.2, 0) is 10.3 Å². The summed E-state index contributed by atoms with van der Waals surface area (Å²) in [4.78, 5) is 28.9. The van der Waals surface area contributed by atoms with Crippen LogP contribution >= 0.6 is 0 Å². The number of carbonyl (C=O) groups excluding carboxylic acids is 2. The number of likely N-dealkylation sites (tertiary alicyclic amines) is 1. The maximum absolute atomic E-state index is 12.8. The van der Waals surface area contributed by atoms with Crippen LogP contribution in [0.3, 0.4) is 0 Å². The molecule has 0 saturated carbocycles. The Morgan fingerprint density at radius 3 is 2.29 bits per heavy atom. The molecular weight excluding hydrogens is 304 g/mol. The van der Waals surface area contributed by atoms with Crippen molar-refractivity contribution in [1.29, 1.82) is 0 Å². The van der Waals surface area contributed by atoms with Crippen LogP contribution in [0.2, 0.25) is 0 Å². The molecule has 24 heavy (non-hydrogen) atoms. The van der Waals surface area contributed by atoms with Gasteiger partial charge < -0.3 is 9.80 Å². The number of likely N-dealkylation sites (N-methyl/N-ethyl adjacent to an activating group) is 1. The van der Waals surface area contributed by atoms with Gasteiger partial charge in [0, 0.05) is 45.1 Å². The highest BCUT2D eigenvalue weighted by atomic mass is 16.2. The predicted molar refractivity (Wildman–Crippen MR) is 90.5 cm³/mol. The van der Waals surface area contributed by atoms with Gasteiger partial charge in [-0.25, -0.2) is 0 Å². The molecule has 1 saturated heterocycles. The van der Waals surface area contributed by atoms with Crippen molar-refractivity contribution in [2.75, 3.05) is 27.2 Å². The van der Waals surface area contributed by atoms with E-state index in [4.69, 9.17) is 0 Å². The predicted octanol–water partition coefficient (Wildman–Crippen LogP) is 1.60. The summed E-state index contributed by atoms with van der Waals surface area (Å²) in [6, 6.07) is 11.1. The molecule has 1 aliphatic heterocycles. The average molecular weight is 326 g/mol. The first-order valence-electron chi connectivity index (χ1n) is 8.11. The second-order valence-electron chi connectivity index (χ2n) is 6.34. The molecule has 1 aliphatic rings. The van der Waals surface area contributed by atoms with Gasteiger partial charge in [0.1, 0.15) is 5.54 Å². The van der Waals surface area contributed by atoms with Gasteiger partial charge in [-0.05, 0) is 31.0 Å². The third-order valence-corrected chi connectivity index (χ3v) is 4.65. The highest BCUT2D eigenvalue weighted by Crippen LogP contribution is 2.32. The number of carbonyl (C=O) groups is 2. The van der Waals surface area contributed by atoms with Crippen LogP contribution in [0.1, 0.15) is 23.2 Å². The largest absolute Gasteiger partial charge is 0.347 e. The number of benzene rings is 1. The van der Waals surface area contributed by atoms with E-state index in [1.54, 1.807) is 29.9 Å². The Labute approximate surface area is 141 Å². The number of aromatic nitrogens is 2. The maximum Gasteiger partial charge on any atom is 0.253 e. The standard InChI is InChI=1S/C18H22N4O2/c1-20(2)17(24)18(22-12-6-11-19-22)9-13-21(14-10-18)16(23)15-7-4-3-5-8-15/h3-8,11-12H,9-10,13-14H2,1-2H3. The number of rotatable bonds is 3. The lowest BCUT2D eigenvalue weighted by Crippen LogP contribution is -2.55. The summed E-state index contributed by atoms with van der Waals surface area (Å²) in [7, 11) is 3.52. The fraction of sp³-hybridized carbons (Fsp3) is 0.389. The third-order valence-electron chi connectivity index (χ3n) is 4.65. The second kappa shape index (κ2) is 6.47. The molecule has 2 amide bonds. The van der Waals surface area contributed by atoms with Crippen molar-refractivity contribution in [3.63, 3.8) is 0 Å². The Bertz CT molecular complexity index is 702. The summed E-state index contributed by atoms with van der Waals surface area (Å²) in [6.45, 7) is 1.07. The number of amides is 2. The van der Waals surface area contributed by atoms with Gasteiger partial charge in [0.05, 0.1) is 0 Å². The van der Waals surface area contributed by atoms with Crippen molar-refractivity contribution in [3.8, 4) is 0 Å². The molecule has 1 aromatic carbocycles. The Morgan fingerprint density at radius 2 is 1.75 bits per heavy atom. The van der Waals surface area contributed by atoms with E-state index in [2.05, 4.69) is 5.10 Å². The van der Waals surface area contributed by atoms with Crippen LogP contribution in [0.15, 0.2) is 48.8 Å². The van der Waals surface area contributed by atoms with Gasteiger partial charge in [-0.1, -0.05) is 18.2 Å². The maximum atomic E-state index is 12.8. The third kappa shape index (κ3) is 2.79. The van der Waals surface area contributed by atoms with Crippen molar-refractivity contribution >= 4 is 11.8 Å². The number of piperidine rings is 1. The zero-order valence-electron chi connectivity index (χ0n) is 14.1. The Hall–Kier alpha value is -2.63. The second-order valence-corrected chi connectivity index (χ2v) is 6.34. The van der Waals surface area contributed by atoms with E-state index in [0.29, 0.717) is 31.5 Å². The summed E-state index contributed by atoms with van der Waals surface area (Å²) >= 11 is 0. The molecule has 0 radical (unpaired) electrons. The first-order valence-corrected chi connectivity index (χ1v) is 8.11. The Kier molecular flexibility index (Phi) is 4.38. The molecule has 0 spiro atoms. The molecule has 1 aromatic heterocycles. The van der Waals surface area contributed by atoms with Gasteiger partial charge in [0.15, 0.2) is 0 Å². The molecule has 0 aliphatic carbocycles. The monoisotopic (exact) mass is 326 g/mol. The minimum atomic E-state index is -0.708. The van der Waals surface area contributed by atoms with Gasteiger partial charge in [-0.2, -0.15) is 5.10 Å². The topological polar surface area (TPSA) is 58.4 Å². The van der Waals surface area contributed by atoms with Crippen LogP contribution in [0, 0.1) is 0 Å². The summed E-state index contributed by atoms with van der Waals surface area (Å²) in [6.07, 6.45) is 4.64. The van der Waals surface area contributed by atoms with Crippen molar-refractivity contribution in [2.24, 2.45) is 0 Å². The minimum Gasteiger partial charge on any atom is -0.347 e. The van der Waals surface area contributed by atoms with Crippen molar-refractivity contribution in [3.05, 3.63) is 54.4 Å². The van der Waals surface area contributed by atoms with Gasteiger partial charge in [0.2, 0.25) is 5.91 Å². The van der Waals surface area contributed by atoms with Gasteiger partial charge >= 0.3 is 0 Å². The molecule has 1 fully saturated rings. The molecule has 0 bridgehead atoms. The number of hydrogen-bond acceptors (Lipinski definition) is 3. The summed E-state index contributed by atoms with van der Waals surface area (Å²) in [5.74, 6) is 0.0416. The molecule has 3 rings (SSSR count). The van der Waals surface area contributed by atoms with Crippen molar-refractivity contribution in [2.45, 2.75) is 18.4 Å². The molecule has 0 atom stereocenters. The van der Waals surface area contributed by atoms with Crippen LogP contribution < -0.4 is 0 Å². The highest BCUT2D eigenvalue weighted by Gasteiger charge is 2.45. The SMILES string of the molecule is CN(C)C(=O)C1(n2cccn2)CCN(C(=O)c2ccccc2)CC1. The van der Waals surface area contributed by atoms with E-state index >= 15 is 0 Å². The lowest BCUT2D eigenvalue weighted by Gasteiger charge is -2.42. The molecule has 0 unspecified atom stereocenters. The van der Waals surface area contributed by atoms with Crippen molar-refractivity contribution in [1.82, 2.24) is 19.6 Å². The summed E-state index contributed by atoms with van der Waals surface area (Å²) < 4.78 is 1.75. The highest BCUT2D eigenvalue weighted by molar-refractivity contribution is 5.94. The lowest BCUT2D eigenvalue weighted by atomic mass is 9.86. The smallest absolute Gasteiger partial charge is 0.253 e. The number of hydrogen-bond donors (Lipinski definition) is 0. The first-order chi connectivity index (χ1) is 11.5. The molecule has 6 nitrogen and oxygen atoms in total. The van der Waals surface area contributed by atoms with E-state index in [-0.39, 0.29) is 11.8 Å². The van der Waals surface area contributed by atoms with Crippen LogP contribution in [0.5, 0.6) is 0 Å². The molecule has 0 N–H and O–H groups in total. The Morgan fingerprint density at radius 1 is 1.08 bits per heavy atom. The van der Waals surface area contributed by atoms with E-state index in [1.807, 2.05) is 47.5 Å². The molecule has 126 valence electrons. The first kappa shape index (κ1) is 16.2. The summed E-state index contributed by atoms with van der Waals surface area (Å²) in [5, 5.41) is 4.31. The quantitative estimate of drug-likeness (QED) is 0.861. The lowest BCUT2D eigenvalue weighted by molar-refractivity contribution is -0.141. The van der Waals surface area contributed by atoms with E-state index in [1.165, 1.54) is 0 Å². The normalized spacial score (nSPS) is 16.7. The van der Waals surface area contributed by atoms with Crippen LogP contribution in [0.4, 0.5) is 0 Å². The molecular formula is C18H22N4O2. The van der Waals surface area contributed by atoms with Gasteiger partial charge in [-0.3, -0.25) is 14.3 Å². The fourth-order valence-electron chi connectivity index (χ4n) is 3.32. The van der Waals surface area contributed by atoms with Crippen molar-refractivity contribution < 1.29 is 9.59 Å². The average Bonchev–Trinajstić information content (AvgIpc) is 3.16. The zero-order chi connectivity index (χ0) is 17.2. The molecule has 2 heterocycles. The number of nitrogens with zero attached hydrogens (tertiary/aromatic N) is 4. The van der Waals surface area contributed by atoms with Crippen LogP contribution in [-0.4, -0.2) is 58.6 Å². The zero-order valence-corrected chi connectivity index (χ0v) is 14.1. The van der Waals surface area contributed by atoms with E-state index in [0.717, 1.165) is 0 Å². The summed E-state index contributed by atoms with van der Waals surface area (Å²) in [5.41, 5.74) is -0.0245. The van der Waals surface area contributed by atoms with E-state index < -0.39 is 5.54 Å².